The van der Waals surface area contributed by atoms with Crippen molar-refractivity contribution < 1.29 is 9.34 Å². The van der Waals surface area contributed by atoms with Gasteiger partial charge in [-0.3, -0.25) is 10.1 Å². The molecule has 0 bridgehead atoms. The number of nitrogens with one attached hydrogen (secondary N) is 1. The first-order valence-electron chi connectivity index (χ1n) is 7.25. The number of fused-ring (bicyclic) bond motifs is 3. The minimum absolute atomic E-state index is 0.0681. The fourth-order valence-electron chi connectivity index (χ4n) is 2.72. The van der Waals surface area contributed by atoms with E-state index in [4.69, 9.17) is 16.0 Å². The third kappa shape index (κ3) is 2.35. The fraction of sp³-hybridized carbons (Fsp3) is 0. The Morgan fingerprint density at radius 1 is 0.917 bits per heavy atom. The molecule has 0 radical (unpaired) electrons. The van der Waals surface area contributed by atoms with Crippen molar-refractivity contribution in [2.75, 3.05) is 5.32 Å². The van der Waals surface area contributed by atoms with Crippen LogP contribution in [0.4, 0.5) is 17.1 Å². The minimum atomic E-state index is -0.439. The molecule has 4 aromatic rings. The summed E-state index contributed by atoms with van der Waals surface area (Å²) in [6.45, 7) is 0. The summed E-state index contributed by atoms with van der Waals surface area (Å²) in [7, 11) is 0. The zero-order valence-corrected chi connectivity index (χ0v) is 13.1. The van der Waals surface area contributed by atoms with E-state index >= 15 is 0 Å². The van der Waals surface area contributed by atoms with E-state index < -0.39 is 4.92 Å². The summed E-state index contributed by atoms with van der Waals surface area (Å²) in [5, 5.41) is 16.7. The fourth-order valence-corrected chi connectivity index (χ4v) is 2.90. The number of nitro groups is 1. The van der Waals surface area contributed by atoms with E-state index in [1.807, 2.05) is 30.3 Å². The predicted molar refractivity (Wildman–Crippen MR) is 95.1 cm³/mol. The highest BCUT2D eigenvalue weighted by Crippen LogP contribution is 2.38. The largest absolute Gasteiger partial charge is 0.456 e. The van der Waals surface area contributed by atoms with Gasteiger partial charge in [-0.25, -0.2) is 0 Å². The van der Waals surface area contributed by atoms with Crippen LogP contribution in [0.2, 0.25) is 5.02 Å². The van der Waals surface area contributed by atoms with Gasteiger partial charge < -0.3 is 9.73 Å². The smallest absolute Gasteiger partial charge is 0.296 e. The average Bonchev–Trinajstić information content (AvgIpc) is 2.94. The van der Waals surface area contributed by atoms with Crippen molar-refractivity contribution in [3.63, 3.8) is 0 Å². The summed E-state index contributed by atoms with van der Waals surface area (Å²) >= 11 is 6.15. The molecule has 1 N–H and O–H groups in total. The average molecular weight is 339 g/mol. The molecule has 0 saturated carbocycles. The number of furan rings is 1. The molecule has 0 amide bonds. The molecular weight excluding hydrogens is 328 g/mol. The van der Waals surface area contributed by atoms with Gasteiger partial charge in [0, 0.05) is 10.8 Å². The molecule has 1 aromatic heterocycles. The SMILES string of the molecule is O=[N+]([O-])c1cc2oc3ccccc3c2cc1Nc1ccccc1Cl. The number of nitrogens with zero attached hydrogens (tertiary/aromatic N) is 1. The van der Waals surface area contributed by atoms with Crippen molar-refractivity contribution in [1.29, 1.82) is 0 Å². The molecule has 118 valence electrons. The van der Waals surface area contributed by atoms with Gasteiger partial charge in [-0.05, 0) is 24.3 Å². The molecule has 0 aliphatic rings. The molecule has 0 unspecified atom stereocenters. The maximum Gasteiger partial charge on any atom is 0.296 e. The summed E-state index contributed by atoms with van der Waals surface area (Å²) in [6, 6.07) is 17.8. The Kier molecular flexibility index (Phi) is 3.36. The van der Waals surface area contributed by atoms with E-state index in [1.54, 1.807) is 24.3 Å². The Balaban J connectivity index is 1.95. The normalized spacial score (nSPS) is 11.0. The van der Waals surface area contributed by atoms with Crippen LogP contribution >= 0.6 is 11.6 Å². The van der Waals surface area contributed by atoms with Gasteiger partial charge in [0.05, 0.1) is 21.7 Å². The maximum atomic E-state index is 11.4. The molecule has 0 aliphatic heterocycles. The quantitative estimate of drug-likeness (QED) is 0.373. The Bertz CT molecular complexity index is 1090. The van der Waals surface area contributed by atoms with Gasteiger partial charge in [-0.15, -0.1) is 0 Å². The molecule has 5 nitrogen and oxygen atoms in total. The zero-order valence-electron chi connectivity index (χ0n) is 12.3. The number of nitro benzene ring substituents is 1. The maximum absolute atomic E-state index is 11.4. The Labute approximate surface area is 141 Å². The molecule has 0 atom stereocenters. The van der Waals surface area contributed by atoms with Crippen LogP contribution in [0, 0.1) is 10.1 Å². The molecule has 1 heterocycles. The van der Waals surface area contributed by atoms with Crippen molar-refractivity contribution in [3.05, 3.63) is 75.8 Å². The second-order valence-electron chi connectivity index (χ2n) is 5.33. The van der Waals surface area contributed by atoms with E-state index in [0.717, 1.165) is 10.8 Å². The van der Waals surface area contributed by atoms with Gasteiger partial charge in [0.25, 0.3) is 5.69 Å². The van der Waals surface area contributed by atoms with E-state index in [0.29, 0.717) is 27.6 Å². The van der Waals surface area contributed by atoms with Crippen LogP contribution in [-0.4, -0.2) is 4.92 Å². The molecule has 3 aromatic carbocycles. The molecular formula is C18H11ClN2O3. The van der Waals surface area contributed by atoms with Crippen LogP contribution in [0.1, 0.15) is 0 Å². The third-order valence-corrected chi connectivity index (χ3v) is 4.16. The third-order valence-electron chi connectivity index (χ3n) is 3.83. The van der Waals surface area contributed by atoms with E-state index in [2.05, 4.69) is 5.32 Å². The van der Waals surface area contributed by atoms with Crippen molar-refractivity contribution >= 4 is 50.6 Å². The molecule has 24 heavy (non-hydrogen) atoms. The van der Waals surface area contributed by atoms with Gasteiger partial charge in [0.2, 0.25) is 0 Å². The lowest BCUT2D eigenvalue weighted by Gasteiger charge is -2.09. The molecule has 6 heteroatoms. The van der Waals surface area contributed by atoms with Crippen LogP contribution in [0.3, 0.4) is 0 Å². The number of anilines is 2. The lowest BCUT2D eigenvalue weighted by atomic mass is 10.1. The summed E-state index contributed by atoms with van der Waals surface area (Å²) in [5.74, 6) is 0. The van der Waals surface area contributed by atoms with Crippen molar-refractivity contribution in [2.45, 2.75) is 0 Å². The van der Waals surface area contributed by atoms with Gasteiger partial charge in [0.15, 0.2) is 0 Å². The topological polar surface area (TPSA) is 68.3 Å². The first-order chi connectivity index (χ1) is 11.6. The van der Waals surface area contributed by atoms with Crippen LogP contribution in [0.15, 0.2) is 65.1 Å². The Hall–Kier alpha value is -3.05. The van der Waals surface area contributed by atoms with Crippen LogP contribution < -0.4 is 5.32 Å². The highest BCUT2D eigenvalue weighted by molar-refractivity contribution is 6.33. The highest BCUT2D eigenvalue weighted by Gasteiger charge is 2.19. The minimum Gasteiger partial charge on any atom is -0.456 e. The monoisotopic (exact) mass is 338 g/mol. The zero-order chi connectivity index (χ0) is 16.7. The highest BCUT2D eigenvalue weighted by atomic mass is 35.5. The standard InChI is InChI=1S/C18H11ClN2O3/c19-13-6-2-3-7-14(13)20-15-9-12-11-5-1-4-8-17(11)24-18(12)10-16(15)21(22)23/h1-10,20H. The van der Waals surface area contributed by atoms with Crippen molar-refractivity contribution in [2.24, 2.45) is 0 Å². The number of rotatable bonds is 3. The summed E-state index contributed by atoms with van der Waals surface area (Å²) in [6.07, 6.45) is 0. The second-order valence-corrected chi connectivity index (χ2v) is 5.73. The van der Waals surface area contributed by atoms with E-state index in [9.17, 15) is 10.1 Å². The lowest BCUT2D eigenvalue weighted by molar-refractivity contribution is -0.383. The number of halogens is 1. The second kappa shape index (κ2) is 5.54. The molecule has 4 rings (SSSR count). The van der Waals surface area contributed by atoms with Gasteiger partial charge in [-0.1, -0.05) is 41.9 Å². The summed E-state index contributed by atoms with van der Waals surface area (Å²) < 4.78 is 5.71. The van der Waals surface area contributed by atoms with E-state index in [-0.39, 0.29) is 5.69 Å². The van der Waals surface area contributed by atoms with Gasteiger partial charge in [0.1, 0.15) is 16.9 Å². The number of para-hydroxylation sites is 2. The first-order valence-corrected chi connectivity index (χ1v) is 7.62. The van der Waals surface area contributed by atoms with Gasteiger partial charge >= 0.3 is 0 Å². The number of benzene rings is 3. The predicted octanol–water partition coefficient (Wildman–Crippen LogP) is 5.89. The Morgan fingerprint density at radius 2 is 1.67 bits per heavy atom. The first kappa shape index (κ1) is 14.5. The molecule has 0 saturated heterocycles. The Morgan fingerprint density at radius 3 is 2.46 bits per heavy atom. The van der Waals surface area contributed by atoms with Crippen molar-refractivity contribution in [1.82, 2.24) is 0 Å². The van der Waals surface area contributed by atoms with Crippen LogP contribution in [0.5, 0.6) is 0 Å². The lowest BCUT2D eigenvalue weighted by Crippen LogP contribution is -1.97. The number of hydrogen-bond donors (Lipinski definition) is 1. The van der Waals surface area contributed by atoms with Crippen LogP contribution in [0.25, 0.3) is 21.9 Å². The van der Waals surface area contributed by atoms with Crippen molar-refractivity contribution in [3.8, 4) is 0 Å². The summed E-state index contributed by atoms with van der Waals surface area (Å²) in [4.78, 5) is 11.0. The van der Waals surface area contributed by atoms with E-state index in [1.165, 1.54) is 6.07 Å². The molecule has 0 aliphatic carbocycles. The van der Waals surface area contributed by atoms with Crippen LogP contribution in [-0.2, 0) is 0 Å². The van der Waals surface area contributed by atoms with Gasteiger partial charge in [-0.2, -0.15) is 0 Å². The summed E-state index contributed by atoms with van der Waals surface area (Å²) in [5.41, 5.74) is 2.08. The number of hydrogen-bond acceptors (Lipinski definition) is 4. The molecule has 0 fully saturated rings. The molecule has 0 spiro atoms.